The number of phenols is 1. The van der Waals surface area contributed by atoms with Crippen molar-refractivity contribution in [1.29, 1.82) is 0 Å². The summed E-state index contributed by atoms with van der Waals surface area (Å²) in [6.07, 6.45) is 1.66. The first-order chi connectivity index (χ1) is 11.1. The van der Waals surface area contributed by atoms with Crippen molar-refractivity contribution in [2.24, 2.45) is 15.9 Å². The summed E-state index contributed by atoms with van der Waals surface area (Å²) < 4.78 is 5.76. The monoisotopic (exact) mass is 308 g/mol. The molecule has 1 aliphatic heterocycles. The summed E-state index contributed by atoms with van der Waals surface area (Å²) in [5.74, 6) is 1.31. The molecule has 0 spiro atoms. The molecule has 4 heteroatoms. The topological polar surface area (TPSA) is 54.2 Å². The van der Waals surface area contributed by atoms with E-state index in [1.54, 1.807) is 18.3 Å². The van der Waals surface area contributed by atoms with Gasteiger partial charge < -0.3 is 9.84 Å². The van der Waals surface area contributed by atoms with Gasteiger partial charge in [0, 0.05) is 11.8 Å². The van der Waals surface area contributed by atoms with Crippen LogP contribution in [0.4, 0.5) is 5.69 Å². The molecule has 0 saturated carbocycles. The third-order valence-electron chi connectivity index (χ3n) is 3.86. The highest BCUT2D eigenvalue weighted by Gasteiger charge is 2.23. The molecule has 2 aromatic rings. The van der Waals surface area contributed by atoms with E-state index in [1.807, 2.05) is 36.4 Å². The van der Waals surface area contributed by atoms with Gasteiger partial charge in [-0.25, -0.2) is 4.99 Å². The fourth-order valence-corrected chi connectivity index (χ4v) is 2.38. The van der Waals surface area contributed by atoms with Crippen molar-refractivity contribution < 1.29 is 9.84 Å². The Kier molecular flexibility index (Phi) is 4.42. The van der Waals surface area contributed by atoms with Gasteiger partial charge in [0.2, 0.25) is 5.90 Å². The molecule has 2 aromatic carbocycles. The molecule has 0 bridgehead atoms. The maximum Gasteiger partial charge on any atom is 0.218 e. The van der Waals surface area contributed by atoms with E-state index in [9.17, 15) is 5.11 Å². The molecule has 0 radical (unpaired) electrons. The lowest BCUT2D eigenvalue weighted by atomic mass is 10.1. The van der Waals surface area contributed by atoms with E-state index in [2.05, 4.69) is 23.8 Å². The summed E-state index contributed by atoms with van der Waals surface area (Å²) in [5.41, 5.74) is 2.33. The van der Waals surface area contributed by atoms with Crippen molar-refractivity contribution in [1.82, 2.24) is 0 Å². The van der Waals surface area contributed by atoms with Crippen LogP contribution in [0.1, 0.15) is 25.0 Å². The van der Waals surface area contributed by atoms with E-state index in [-0.39, 0.29) is 11.8 Å². The Hall–Kier alpha value is -2.62. The van der Waals surface area contributed by atoms with Gasteiger partial charge in [-0.3, -0.25) is 4.99 Å². The number of ether oxygens (including phenoxy) is 1. The minimum Gasteiger partial charge on any atom is -0.507 e. The van der Waals surface area contributed by atoms with Crippen LogP contribution < -0.4 is 0 Å². The SMILES string of the molecule is CC(C)[C@H]1COC(c2ccccc2N=Cc2ccccc2O)=N1. The van der Waals surface area contributed by atoms with Gasteiger partial charge in [-0.1, -0.05) is 38.1 Å². The zero-order chi connectivity index (χ0) is 16.2. The molecule has 0 unspecified atom stereocenters. The maximum atomic E-state index is 9.83. The van der Waals surface area contributed by atoms with E-state index in [0.29, 0.717) is 24.0 Å². The van der Waals surface area contributed by atoms with Gasteiger partial charge in [0.25, 0.3) is 0 Å². The van der Waals surface area contributed by atoms with E-state index in [1.165, 1.54) is 0 Å². The van der Waals surface area contributed by atoms with Crippen LogP contribution in [-0.4, -0.2) is 29.9 Å². The summed E-state index contributed by atoms with van der Waals surface area (Å²) in [5, 5.41) is 9.83. The number of nitrogens with zero attached hydrogens (tertiary/aromatic N) is 2. The van der Waals surface area contributed by atoms with Gasteiger partial charge in [-0.15, -0.1) is 0 Å². The predicted octanol–water partition coefficient (Wildman–Crippen LogP) is 3.94. The highest BCUT2D eigenvalue weighted by atomic mass is 16.5. The number of aromatic hydroxyl groups is 1. The van der Waals surface area contributed by atoms with Gasteiger partial charge in [0.05, 0.1) is 17.3 Å². The lowest BCUT2D eigenvalue weighted by Gasteiger charge is -2.06. The molecule has 0 saturated heterocycles. The molecule has 1 heterocycles. The Bertz CT molecular complexity index is 751. The zero-order valence-corrected chi connectivity index (χ0v) is 13.3. The molecular weight excluding hydrogens is 288 g/mol. The number of aliphatic imine (C=N–C) groups is 2. The summed E-state index contributed by atoms with van der Waals surface area (Å²) in [4.78, 5) is 9.17. The van der Waals surface area contributed by atoms with Crippen molar-refractivity contribution in [2.45, 2.75) is 19.9 Å². The highest BCUT2D eigenvalue weighted by Crippen LogP contribution is 2.25. The normalized spacial score (nSPS) is 17.5. The smallest absolute Gasteiger partial charge is 0.218 e. The van der Waals surface area contributed by atoms with E-state index in [0.717, 1.165) is 11.3 Å². The van der Waals surface area contributed by atoms with Crippen LogP contribution in [0.2, 0.25) is 0 Å². The number of para-hydroxylation sites is 2. The largest absolute Gasteiger partial charge is 0.507 e. The Morgan fingerprint density at radius 1 is 1.17 bits per heavy atom. The van der Waals surface area contributed by atoms with Gasteiger partial charge in [0.15, 0.2) is 0 Å². The van der Waals surface area contributed by atoms with Crippen LogP contribution in [0.3, 0.4) is 0 Å². The van der Waals surface area contributed by atoms with Gasteiger partial charge >= 0.3 is 0 Å². The van der Waals surface area contributed by atoms with Crippen molar-refractivity contribution >= 4 is 17.8 Å². The molecule has 118 valence electrons. The molecule has 1 atom stereocenters. The molecule has 1 aliphatic rings. The number of benzene rings is 2. The van der Waals surface area contributed by atoms with Gasteiger partial charge in [-0.2, -0.15) is 0 Å². The number of hydrogen-bond acceptors (Lipinski definition) is 4. The second kappa shape index (κ2) is 6.65. The highest BCUT2D eigenvalue weighted by molar-refractivity contribution is 6.00. The first-order valence-electron chi connectivity index (χ1n) is 7.77. The fraction of sp³-hybridized carbons (Fsp3) is 0.263. The average molecular weight is 308 g/mol. The third kappa shape index (κ3) is 3.42. The summed E-state index contributed by atoms with van der Waals surface area (Å²) in [7, 11) is 0. The van der Waals surface area contributed by atoms with E-state index >= 15 is 0 Å². The maximum absolute atomic E-state index is 9.83. The molecule has 0 aliphatic carbocycles. The number of phenolic OH excluding ortho intramolecular Hbond substituents is 1. The first kappa shape index (κ1) is 15.3. The van der Waals surface area contributed by atoms with Crippen LogP contribution in [-0.2, 0) is 4.74 Å². The molecule has 4 nitrogen and oxygen atoms in total. The fourth-order valence-electron chi connectivity index (χ4n) is 2.38. The van der Waals surface area contributed by atoms with E-state index < -0.39 is 0 Å². The van der Waals surface area contributed by atoms with Crippen molar-refractivity contribution in [2.75, 3.05) is 6.61 Å². The molecule has 0 amide bonds. The molecule has 0 aromatic heterocycles. The lowest BCUT2D eigenvalue weighted by molar-refractivity contribution is 0.292. The Labute approximate surface area is 136 Å². The van der Waals surface area contributed by atoms with Crippen molar-refractivity contribution in [3.05, 3.63) is 59.7 Å². The minimum absolute atomic E-state index is 0.195. The molecule has 1 N–H and O–H groups in total. The van der Waals surface area contributed by atoms with Crippen molar-refractivity contribution in [3.8, 4) is 5.75 Å². The quantitative estimate of drug-likeness (QED) is 0.870. The van der Waals surface area contributed by atoms with Crippen LogP contribution in [0.25, 0.3) is 0 Å². The van der Waals surface area contributed by atoms with Crippen LogP contribution in [0.5, 0.6) is 5.75 Å². The summed E-state index contributed by atoms with van der Waals surface area (Å²) in [6.45, 7) is 4.90. The Morgan fingerprint density at radius 3 is 2.65 bits per heavy atom. The molecule has 0 fully saturated rings. The summed E-state index contributed by atoms with van der Waals surface area (Å²) in [6, 6.07) is 15.1. The van der Waals surface area contributed by atoms with Crippen molar-refractivity contribution in [3.63, 3.8) is 0 Å². The number of rotatable bonds is 4. The first-order valence-corrected chi connectivity index (χ1v) is 7.77. The average Bonchev–Trinajstić information content (AvgIpc) is 3.04. The lowest BCUT2D eigenvalue weighted by Crippen LogP contribution is -2.13. The molecular formula is C19H20N2O2. The van der Waals surface area contributed by atoms with Gasteiger partial charge in [-0.05, 0) is 30.2 Å². The number of hydrogen-bond donors (Lipinski definition) is 1. The Morgan fingerprint density at radius 2 is 1.91 bits per heavy atom. The van der Waals surface area contributed by atoms with E-state index in [4.69, 9.17) is 4.74 Å². The summed E-state index contributed by atoms with van der Waals surface area (Å²) >= 11 is 0. The van der Waals surface area contributed by atoms with Gasteiger partial charge in [0.1, 0.15) is 12.4 Å². The van der Waals surface area contributed by atoms with Crippen LogP contribution in [0.15, 0.2) is 58.5 Å². The minimum atomic E-state index is 0.195. The van der Waals surface area contributed by atoms with Crippen LogP contribution >= 0.6 is 0 Å². The zero-order valence-electron chi connectivity index (χ0n) is 13.3. The van der Waals surface area contributed by atoms with Crippen LogP contribution in [0, 0.1) is 5.92 Å². The second-order valence-corrected chi connectivity index (χ2v) is 5.89. The standard InChI is InChI=1S/C19H20N2O2/c1-13(2)17-12-23-19(21-17)15-8-4-5-9-16(15)20-11-14-7-3-6-10-18(14)22/h3-11,13,17,22H,12H2,1-2H3/t17-/m1/s1. The molecule has 23 heavy (non-hydrogen) atoms. The second-order valence-electron chi connectivity index (χ2n) is 5.89. The third-order valence-corrected chi connectivity index (χ3v) is 3.86. The Balaban J connectivity index is 1.90. The molecule has 3 rings (SSSR count). The predicted molar refractivity (Wildman–Crippen MR) is 92.9 cm³/mol.